The molecule has 0 aliphatic rings. The molecule has 1 atom stereocenters. The molecule has 0 aliphatic heterocycles. The summed E-state index contributed by atoms with van der Waals surface area (Å²) in [4.78, 5) is 11.7. The average Bonchev–Trinajstić information content (AvgIpc) is 2.69. The van der Waals surface area contributed by atoms with Crippen LogP contribution >= 0.6 is 11.6 Å². The van der Waals surface area contributed by atoms with Crippen molar-refractivity contribution in [1.29, 1.82) is 0 Å². The van der Waals surface area contributed by atoms with Crippen molar-refractivity contribution in [2.75, 3.05) is 14.2 Å². The van der Waals surface area contributed by atoms with Gasteiger partial charge in [0.1, 0.15) is 5.54 Å². The minimum atomic E-state index is -0.624. The van der Waals surface area contributed by atoms with E-state index in [0.717, 1.165) is 42.2 Å². The van der Waals surface area contributed by atoms with Crippen LogP contribution in [-0.2, 0) is 16.1 Å². The van der Waals surface area contributed by atoms with Gasteiger partial charge in [0.05, 0.1) is 23.5 Å². The van der Waals surface area contributed by atoms with Gasteiger partial charge >= 0.3 is 5.97 Å². The minimum Gasteiger partial charge on any atom is -0.468 e. The first kappa shape index (κ1) is 17.0. The smallest absolute Gasteiger partial charge is 0.325 e. The molecule has 1 aromatic rings. The van der Waals surface area contributed by atoms with Gasteiger partial charge in [0.2, 0.25) is 0 Å². The normalized spacial score (nSPS) is 14.1. The van der Waals surface area contributed by atoms with E-state index in [-0.39, 0.29) is 5.97 Å². The Hall–Kier alpha value is -1.07. The fraction of sp³-hybridized carbons (Fsp3) is 0.714. The molecule has 0 saturated heterocycles. The molecule has 1 unspecified atom stereocenters. The number of carbonyl (C=O) groups is 1. The predicted molar refractivity (Wildman–Crippen MR) is 80.0 cm³/mol. The molecule has 20 heavy (non-hydrogen) atoms. The van der Waals surface area contributed by atoms with E-state index in [1.807, 2.05) is 25.5 Å². The Morgan fingerprint density at radius 2 is 2.10 bits per heavy atom. The topological polar surface area (TPSA) is 56.2 Å². The van der Waals surface area contributed by atoms with Crippen molar-refractivity contribution in [3.63, 3.8) is 0 Å². The first-order valence-corrected chi connectivity index (χ1v) is 7.20. The van der Waals surface area contributed by atoms with Crippen LogP contribution in [0.15, 0.2) is 0 Å². The summed E-state index contributed by atoms with van der Waals surface area (Å²) < 4.78 is 6.75. The zero-order chi connectivity index (χ0) is 15.3. The van der Waals surface area contributed by atoms with Crippen LogP contribution in [-0.4, -0.2) is 35.4 Å². The number of aryl methyl sites for hydroxylation is 2. The van der Waals surface area contributed by atoms with Crippen LogP contribution in [0.4, 0.5) is 0 Å². The van der Waals surface area contributed by atoms with Crippen molar-refractivity contribution >= 4 is 17.6 Å². The van der Waals surface area contributed by atoms with E-state index in [1.165, 1.54) is 7.11 Å². The second-order valence-electron chi connectivity index (χ2n) is 5.24. The standard InChI is InChI=1S/C14H24ClN3O2/c1-10-12(15)11(2)18(17-10)9-7-6-8-14(3,16-4)13(19)20-5/h16H,6-9H2,1-5H3. The number of rotatable bonds is 7. The van der Waals surface area contributed by atoms with E-state index in [0.29, 0.717) is 0 Å². The summed E-state index contributed by atoms with van der Waals surface area (Å²) in [7, 11) is 3.19. The van der Waals surface area contributed by atoms with E-state index in [4.69, 9.17) is 16.3 Å². The van der Waals surface area contributed by atoms with Crippen molar-refractivity contribution in [2.24, 2.45) is 0 Å². The zero-order valence-electron chi connectivity index (χ0n) is 12.9. The maximum atomic E-state index is 11.7. The van der Waals surface area contributed by atoms with E-state index < -0.39 is 5.54 Å². The Labute approximate surface area is 125 Å². The van der Waals surface area contributed by atoms with Crippen molar-refractivity contribution in [2.45, 2.75) is 52.1 Å². The molecule has 0 aromatic carbocycles. The number of hydrogen-bond donors (Lipinski definition) is 1. The third-order valence-corrected chi connectivity index (χ3v) is 4.32. The van der Waals surface area contributed by atoms with Gasteiger partial charge in [0.15, 0.2) is 0 Å². The first-order valence-electron chi connectivity index (χ1n) is 6.82. The summed E-state index contributed by atoms with van der Waals surface area (Å²) in [5.41, 5.74) is 1.23. The molecule has 0 radical (unpaired) electrons. The van der Waals surface area contributed by atoms with E-state index in [2.05, 4.69) is 10.4 Å². The van der Waals surface area contributed by atoms with Gasteiger partial charge in [-0.05, 0) is 47.1 Å². The maximum absolute atomic E-state index is 11.7. The highest BCUT2D eigenvalue weighted by molar-refractivity contribution is 6.31. The Bertz CT molecular complexity index is 473. The van der Waals surface area contributed by atoms with Crippen LogP contribution < -0.4 is 5.32 Å². The van der Waals surface area contributed by atoms with Gasteiger partial charge < -0.3 is 10.1 Å². The highest BCUT2D eigenvalue weighted by Gasteiger charge is 2.31. The fourth-order valence-corrected chi connectivity index (χ4v) is 2.32. The average molecular weight is 302 g/mol. The number of hydrogen-bond acceptors (Lipinski definition) is 4. The lowest BCUT2D eigenvalue weighted by atomic mass is 9.95. The highest BCUT2D eigenvalue weighted by Crippen LogP contribution is 2.20. The van der Waals surface area contributed by atoms with Crippen molar-refractivity contribution in [3.8, 4) is 0 Å². The largest absolute Gasteiger partial charge is 0.468 e. The molecule has 0 bridgehead atoms. The van der Waals surface area contributed by atoms with Crippen LogP contribution in [0.3, 0.4) is 0 Å². The SMILES string of the molecule is CNC(C)(CCCCn1nc(C)c(Cl)c1C)C(=O)OC. The number of carbonyl (C=O) groups excluding carboxylic acids is 1. The lowest BCUT2D eigenvalue weighted by Gasteiger charge is -2.25. The number of methoxy groups -OCH3 is 1. The molecule has 1 aromatic heterocycles. The molecule has 1 rings (SSSR count). The summed E-state index contributed by atoms with van der Waals surface area (Å²) in [6.07, 6.45) is 2.57. The predicted octanol–water partition coefficient (Wildman–Crippen LogP) is 2.47. The summed E-state index contributed by atoms with van der Waals surface area (Å²) in [5.74, 6) is -0.228. The number of nitrogens with one attached hydrogen (secondary N) is 1. The van der Waals surface area contributed by atoms with Gasteiger partial charge in [0.25, 0.3) is 0 Å². The van der Waals surface area contributed by atoms with Gasteiger partial charge in [-0.1, -0.05) is 11.6 Å². The number of nitrogens with zero attached hydrogens (tertiary/aromatic N) is 2. The molecule has 0 fully saturated rings. The highest BCUT2D eigenvalue weighted by atomic mass is 35.5. The molecule has 6 heteroatoms. The Kier molecular flexibility index (Phi) is 6.02. The third kappa shape index (κ3) is 3.73. The monoisotopic (exact) mass is 301 g/mol. The Morgan fingerprint density at radius 3 is 2.55 bits per heavy atom. The Balaban J connectivity index is 2.48. The number of halogens is 1. The molecule has 114 valence electrons. The van der Waals surface area contributed by atoms with Gasteiger partial charge in [-0.25, -0.2) is 0 Å². The van der Waals surface area contributed by atoms with Crippen LogP contribution in [0.25, 0.3) is 0 Å². The molecular formula is C14H24ClN3O2. The second kappa shape index (κ2) is 7.09. The molecule has 5 nitrogen and oxygen atoms in total. The minimum absolute atomic E-state index is 0.228. The van der Waals surface area contributed by atoms with Gasteiger partial charge in [-0.15, -0.1) is 0 Å². The summed E-state index contributed by atoms with van der Waals surface area (Å²) in [6, 6.07) is 0. The number of esters is 1. The summed E-state index contributed by atoms with van der Waals surface area (Å²) in [5, 5.41) is 8.16. The van der Waals surface area contributed by atoms with Crippen LogP contribution in [0, 0.1) is 13.8 Å². The van der Waals surface area contributed by atoms with E-state index in [9.17, 15) is 4.79 Å². The molecule has 1 N–H and O–H groups in total. The van der Waals surface area contributed by atoms with Gasteiger partial charge in [-0.2, -0.15) is 5.10 Å². The number of likely N-dealkylation sites (N-methyl/N-ethyl adjacent to an activating group) is 1. The number of ether oxygens (including phenoxy) is 1. The summed E-state index contributed by atoms with van der Waals surface area (Å²) >= 11 is 6.11. The Morgan fingerprint density at radius 1 is 1.45 bits per heavy atom. The van der Waals surface area contributed by atoms with E-state index in [1.54, 1.807) is 7.05 Å². The fourth-order valence-electron chi connectivity index (χ4n) is 2.19. The molecule has 0 amide bonds. The summed E-state index contributed by atoms with van der Waals surface area (Å²) in [6.45, 7) is 6.54. The maximum Gasteiger partial charge on any atom is 0.325 e. The molecular weight excluding hydrogens is 278 g/mol. The van der Waals surface area contributed by atoms with Crippen molar-refractivity contribution in [3.05, 3.63) is 16.4 Å². The van der Waals surface area contributed by atoms with Crippen molar-refractivity contribution < 1.29 is 9.53 Å². The zero-order valence-corrected chi connectivity index (χ0v) is 13.7. The van der Waals surface area contributed by atoms with Crippen LogP contribution in [0.1, 0.15) is 37.6 Å². The van der Waals surface area contributed by atoms with Crippen molar-refractivity contribution in [1.82, 2.24) is 15.1 Å². The molecule has 0 aliphatic carbocycles. The van der Waals surface area contributed by atoms with Gasteiger partial charge in [0, 0.05) is 6.54 Å². The molecule has 0 saturated carbocycles. The second-order valence-corrected chi connectivity index (χ2v) is 5.62. The molecule has 0 spiro atoms. The quantitative estimate of drug-likeness (QED) is 0.621. The number of unbranched alkanes of at least 4 members (excludes halogenated alkanes) is 1. The van der Waals surface area contributed by atoms with Crippen LogP contribution in [0.5, 0.6) is 0 Å². The van der Waals surface area contributed by atoms with E-state index >= 15 is 0 Å². The van der Waals surface area contributed by atoms with Gasteiger partial charge in [-0.3, -0.25) is 9.48 Å². The lowest BCUT2D eigenvalue weighted by molar-refractivity contribution is -0.148. The van der Waals surface area contributed by atoms with Crippen LogP contribution in [0.2, 0.25) is 5.02 Å². The lowest BCUT2D eigenvalue weighted by Crippen LogP contribution is -2.48. The third-order valence-electron chi connectivity index (χ3n) is 3.78. The molecule has 1 heterocycles. The number of aromatic nitrogens is 2. The first-order chi connectivity index (χ1) is 9.35.